The molecule has 0 amide bonds. The Balaban J connectivity index is 0.000000293. The Kier molecular flexibility index (Phi) is 23.3. The van der Waals surface area contributed by atoms with Gasteiger partial charge in [0, 0.05) is 40.8 Å². The van der Waals surface area contributed by atoms with Gasteiger partial charge in [-0.1, -0.05) is 85.4 Å². The zero-order valence-corrected chi connectivity index (χ0v) is 41.3. The lowest BCUT2D eigenvalue weighted by Crippen LogP contribution is -2.42. The highest BCUT2D eigenvalue weighted by Crippen LogP contribution is 2.31. The fraction of sp³-hybridized carbons (Fsp3) is 0.469. The molecule has 1 fully saturated rings. The van der Waals surface area contributed by atoms with Gasteiger partial charge in [0.1, 0.15) is 11.6 Å². The molecule has 4 atom stereocenters. The fourth-order valence-electron chi connectivity index (χ4n) is 8.34. The summed E-state index contributed by atoms with van der Waals surface area (Å²) in [6, 6.07) is 23.9. The largest absolute Gasteiger partial charge is 0.466 e. The fourth-order valence-corrected chi connectivity index (χ4v) is 9.09. The van der Waals surface area contributed by atoms with Crippen molar-refractivity contribution in [3.63, 3.8) is 0 Å². The third-order valence-electron chi connectivity index (χ3n) is 11.3. The monoisotopic (exact) mass is 987 g/mol. The number of hydrogen-bond donors (Lipinski definition) is 2. The van der Waals surface area contributed by atoms with Gasteiger partial charge in [-0.2, -0.15) is 8.42 Å². The van der Waals surface area contributed by atoms with Crippen molar-refractivity contribution in [2.45, 2.75) is 65.8 Å². The predicted octanol–water partition coefficient (Wildman–Crippen LogP) is 9.28. The van der Waals surface area contributed by atoms with Crippen molar-refractivity contribution in [3.8, 4) is 22.3 Å². The number of ether oxygens (including phenoxy) is 3. The van der Waals surface area contributed by atoms with Crippen LogP contribution in [0.4, 0.5) is 8.78 Å². The Morgan fingerprint density at radius 3 is 1.54 bits per heavy atom. The number of esters is 2. The summed E-state index contributed by atoms with van der Waals surface area (Å²) < 4.78 is 72.0. The minimum atomic E-state index is -3.72. The molecule has 1 saturated heterocycles. The normalized spacial score (nSPS) is 14.8. The summed E-state index contributed by atoms with van der Waals surface area (Å²) in [6.45, 7) is 9.61. The van der Waals surface area contributed by atoms with Crippen LogP contribution in [0.5, 0.6) is 0 Å². The Hall–Kier alpha value is -3.86. The Labute approximate surface area is 405 Å². The molecule has 5 rings (SSSR count). The molecule has 67 heavy (non-hydrogen) atoms. The van der Waals surface area contributed by atoms with Crippen molar-refractivity contribution in [2.75, 3.05) is 58.9 Å². The molecule has 1 aliphatic heterocycles. The Morgan fingerprint density at radius 1 is 0.716 bits per heavy atom. The molecule has 364 valence electrons. The molecule has 4 aromatic rings. The summed E-state index contributed by atoms with van der Waals surface area (Å²) in [5.74, 6) is -2.50. The third kappa shape index (κ3) is 19.9. The average molecular weight is 989 g/mol. The number of morpholine rings is 1. The number of halogens is 4. The van der Waals surface area contributed by atoms with Gasteiger partial charge in [-0.15, -0.1) is 0 Å². The van der Waals surface area contributed by atoms with Gasteiger partial charge in [0.15, 0.2) is 0 Å². The third-order valence-corrected chi connectivity index (χ3v) is 12.4. The molecule has 2 N–H and O–H groups in total. The van der Waals surface area contributed by atoms with Crippen LogP contribution in [0.2, 0.25) is 36.3 Å². The maximum atomic E-state index is 14.2. The minimum absolute atomic E-state index is 0.101. The van der Waals surface area contributed by atoms with Crippen LogP contribution in [0.3, 0.4) is 0 Å². The van der Waals surface area contributed by atoms with E-state index in [1.807, 2.05) is 43.3 Å². The van der Waals surface area contributed by atoms with Crippen molar-refractivity contribution < 1.29 is 55.2 Å². The Morgan fingerprint density at radius 2 is 1.13 bits per heavy atom. The first-order valence-corrected chi connectivity index (χ1v) is 25.3. The van der Waals surface area contributed by atoms with Crippen molar-refractivity contribution in [1.82, 2.24) is 4.90 Å². The van der Waals surface area contributed by atoms with Crippen molar-refractivity contribution in [1.29, 1.82) is 0 Å². The first-order chi connectivity index (χ1) is 31.8. The van der Waals surface area contributed by atoms with E-state index in [2.05, 4.69) is 4.90 Å². The SMILES string of the molecule is CCOC(=O)[C@@H](C[C@H](CB(C)O)Cc1ccc(-c2cc(Cl)ccc2F)cc1)CN1CCOCC1.CCOC(=O)[C@H](COS(C)(=O)=O)C[C@H](CB(C)O)Cc1ccc(-c2cc(Cl)ccc2F)cc1. The van der Waals surface area contributed by atoms with E-state index in [0.29, 0.717) is 85.0 Å². The highest BCUT2D eigenvalue weighted by molar-refractivity contribution is 7.86. The van der Waals surface area contributed by atoms with E-state index in [-0.39, 0.29) is 55.0 Å². The van der Waals surface area contributed by atoms with E-state index in [9.17, 15) is 36.8 Å². The lowest BCUT2D eigenvalue weighted by Gasteiger charge is -2.31. The van der Waals surface area contributed by atoms with E-state index < -0.39 is 35.8 Å². The standard InChI is InChI=1S/C26H34BClFNO4.C23H29BClFO6S/c1-3-34-26(31)22(18-30-10-12-33-13-11-30)15-20(17-27(2)32)14-19-4-6-21(7-5-19)24-16-23(28)8-9-25(24)29;1-4-31-23(27)19(15-32-33(3,29)30)12-17(14-24(2)28)11-16-5-7-18(8-6-16)21-13-20(25)9-10-22(21)26/h4-9,16,20,22,32H,3,10-15,17-18H2,1-2H3;5-10,13,17,19,28H,4,11-12,14-15H2,1-3H3/t20-,22+;17-,19+/m11/s1. The predicted molar refractivity (Wildman–Crippen MR) is 263 cm³/mol. The van der Waals surface area contributed by atoms with Crippen molar-refractivity contribution >= 4 is 59.1 Å². The molecule has 0 radical (unpaired) electrons. The smallest absolute Gasteiger partial charge is 0.311 e. The van der Waals surface area contributed by atoms with Gasteiger partial charge in [0.25, 0.3) is 23.9 Å². The molecule has 0 aliphatic carbocycles. The quantitative estimate of drug-likeness (QED) is 0.0416. The van der Waals surface area contributed by atoms with Crippen LogP contribution in [0.15, 0.2) is 84.9 Å². The van der Waals surface area contributed by atoms with Crippen LogP contribution in [-0.2, 0) is 50.9 Å². The van der Waals surface area contributed by atoms with Crippen LogP contribution < -0.4 is 0 Å². The molecule has 0 unspecified atom stereocenters. The average Bonchev–Trinajstić information content (AvgIpc) is 3.27. The van der Waals surface area contributed by atoms with Gasteiger partial charge in [-0.25, -0.2) is 8.78 Å². The van der Waals surface area contributed by atoms with Gasteiger partial charge in [0.2, 0.25) is 0 Å². The number of nitrogens with zero attached hydrogens (tertiary/aromatic N) is 1. The zero-order valence-electron chi connectivity index (χ0n) is 39.0. The molecule has 18 heteroatoms. The number of hydrogen-bond acceptors (Lipinski definition) is 11. The maximum absolute atomic E-state index is 14.2. The van der Waals surface area contributed by atoms with E-state index in [0.717, 1.165) is 36.0 Å². The molecule has 0 spiro atoms. The van der Waals surface area contributed by atoms with Crippen molar-refractivity contribution in [3.05, 3.63) is 118 Å². The molecule has 1 aliphatic rings. The van der Waals surface area contributed by atoms with Crippen molar-refractivity contribution in [2.24, 2.45) is 23.7 Å². The topological polar surface area (TPSA) is 149 Å². The molecule has 0 aromatic heterocycles. The lowest BCUT2D eigenvalue weighted by molar-refractivity contribution is -0.150. The highest BCUT2D eigenvalue weighted by Gasteiger charge is 2.30. The Bertz CT molecular complexity index is 2270. The molecular formula is C49H63B2Cl2F2NO10S. The molecular weight excluding hydrogens is 925 g/mol. The number of carbonyl (C=O) groups is 2. The molecule has 11 nitrogen and oxygen atoms in total. The summed E-state index contributed by atoms with van der Waals surface area (Å²) in [6.07, 6.45) is 4.06. The molecule has 1 heterocycles. The second-order valence-electron chi connectivity index (χ2n) is 17.2. The van der Waals surface area contributed by atoms with Crippen LogP contribution in [0, 0.1) is 35.3 Å². The molecule has 0 bridgehead atoms. The summed E-state index contributed by atoms with van der Waals surface area (Å²) in [5, 5.41) is 21.0. The van der Waals surface area contributed by atoms with Crippen LogP contribution >= 0.6 is 23.2 Å². The van der Waals surface area contributed by atoms with Gasteiger partial charge in [-0.05, 0) is 123 Å². The van der Waals surface area contributed by atoms with Crippen LogP contribution in [-0.4, -0.2) is 108 Å². The van der Waals surface area contributed by atoms with E-state index in [4.69, 9.17) is 41.6 Å². The number of benzene rings is 4. The second-order valence-corrected chi connectivity index (χ2v) is 19.7. The second kappa shape index (κ2) is 28.0. The van der Waals surface area contributed by atoms with E-state index in [1.165, 1.54) is 24.3 Å². The molecule has 4 aromatic carbocycles. The van der Waals surface area contributed by atoms with Gasteiger partial charge < -0.3 is 24.3 Å². The first-order valence-electron chi connectivity index (χ1n) is 22.8. The van der Waals surface area contributed by atoms with Gasteiger partial charge in [-0.3, -0.25) is 18.7 Å². The van der Waals surface area contributed by atoms with Gasteiger partial charge in [0.05, 0.1) is 51.1 Å². The number of rotatable bonds is 23. The molecule has 0 saturated carbocycles. The van der Waals surface area contributed by atoms with E-state index >= 15 is 0 Å². The lowest BCUT2D eigenvalue weighted by atomic mass is 9.62. The highest BCUT2D eigenvalue weighted by atomic mass is 35.5. The summed E-state index contributed by atoms with van der Waals surface area (Å²) in [4.78, 5) is 27.4. The summed E-state index contributed by atoms with van der Waals surface area (Å²) >= 11 is 12.0. The maximum Gasteiger partial charge on any atom is 0.311 e. The van der Waals surface area contributed by atoms with Crippen LogP contribution in [0.1, 0.15) is 37.8 Å². The summed E-state index contributed by atoms with van der Waals surface area (Å²) in [7, 11) is -3.72. The van der Waals surface area contributed by atoms with E-state index in [1.54, 1.807) is 44.8 Å². The van der Waals surface area contributed by atoms with Gasteiger partial charge >= 0.3 is 11.9 Å². The number of carbonyl (C=O) groups excluding carboxylic acids is 2. The van der Waals surface area contributed by atoms with Crippen LogP contribution in [0.25, 0.3) is 22.3 Å². The first kappa shape index (κ1) is 55.7. The minimum Gasteiger partial charge on any atom is -0.466 e. The summed E-state index contributed by atoms with van der Waals surface area (Å²) in [5.41, 5.74) is 4.30. The zero-order chi connectivity index (χ0) is 49.1.